The Kier molecular flexibility index (Phi) is 2.96. The highest BCUT2D eigenvalue weighted by atomic mass is 35.5. The van der Waals surface area contributed by atoms with Crippen LogP contribution >= 0.6 is 11.6 Å². The summed E-state index contributed by atoms with van der Waals surface area (Å²) in [7, 11) is 0.400. The molecule has 0 spiro atoms. The minimum Gasteiger partial charge on any atom is -0.506 e. The molecule has 0 saturated heterocycles. The zero-order valence-corrected chi connectivity index (χ0v) is 7.39. The maximum atomic E-state index is 12.2. The highest BCUT2D eigenvalue weighted by molar-refractivity contribution is 6.53. The first kappa shape index (κ1) is 11.2. The zero-order chi connectivity index (χ0) is 10.9. The van der Waals surface area contributed by atoms with Gasteiger partial charge in [-0.05, 0) is 11.5 Å². The molecule has 2 nitrogen and oxygen atoms in total. The van der Waals surface area contributed by atoms with Crippen LogP contribution in [0.1, 0.15) is 5.56 Å². The van der Waals surface area contributed by atoms with E-state index in [1.54, 1.807) is 0 Å². The van der Waals surface area contributed by atoms with Gasteiger partial charge in [-0.1, -0.05) is 17.7 Å². The van der Waals surface area contributed by atoms with Gasteiger partial charge in [0, 0.05) is 0 Å². The van der Waals surface area contributed by atoms with Gasteiger partial charge >= 0.3 is 13.7 Å². The fourth-order valence-corrected chi connectivity index (χ4v) is 1.05. The molecule has 2 N–H and O–H groups in total. The quantitative estimate of drug-likeness (QED) is 0.705. The smallest absolute Gasteiger partial charge is 0.416 e. The lowest BCUT2D eigenvalue weighted by Crippen LogP contribution is -2.18. The van der Waals surface area contributed by atoms with Crippen molar-refractivity contribution in [1.82, 2.24) is 0 Å². The Labute approximate surface area is 83.2 Å². The highest BCUT2D eigenvalue weighted by Crippen LogP contribution is 2.33. The van der Waals surface area contributed by atoms with Crippen molar-refractivity contribution in [3.05, 3.63) is 22.7 Å². The zero-order valence-electron chi connectivity index (χ0n) is 6.64. The number of hydrogen-bond donors (Lipinski definition) is 2. The van der Waals surface area contributed by atoms with Crippen LogP contribution in [-0.4, -0.2) is 17.6 Å². The Morgan fingerprint density at radius 1 is 1.29 bits per heavy atom. The lowest BCUT2D eigenvalue weighted by atomic mass is 9.87. The molecule has 1 aromatic rings. The fourth-order valence-electron chi connectivity index (χ4n) is 0.889. The number of rotatable bonds is 1. The summed E-state index contributed by atoms with van der Waals surface area (Å²) in [5, 5.41) is 17.2. The van der Waals surface area contributed by atoms with Crippen LogP contribution in [0, 0.1) is 0 Å². The summed E-state index contributed by atoms with van der Waals surface area (Å²) >= 11 is 5.41. The normalized spacial score (nSPS) is 11.5. The molecule has 0 saturated carbocycles. The monoisotopic (exact) mass is 223 g/mol. The Morgan fingerprint density at radius 2 is 1.86 bits per heavy atom. The molecule has 0 heterocycles. The fraction of sp³-hybridized carbons (Fsp3) is 0.143. The standard InChI is InChI=1S/C7H4BClF3O2/c9-6-4(8-14)1-3(2-5(6)13)7(10,11)12/h1-2,13-14H. The number of aromatic hydroxyl groups is 1. The number of hydrogen-bond acceptors (Lipinski definition) is 2. The predicted octanol–water partition coefficient (Wildman–Crippen LogP) is 1.30. The second-order valence-corrected chi connectivity index (χ2v) is 2.90. The summed E-state index contributed by atoms with van der Waals surface area (Å²) in [6.45, 7) is 0. The van der Waals surface area contributed by atoms with E-state index in [0.717, 1.165) is 0 Å². The van der Waals surface area contributed by atoms with Crippen LogP contribution in [0.4, 0.5) is 13.2 Å². The van der Waals surface area contributed by atoms with Crippen LogP contribution in [0.5, 0.6) is 5.75 Å². The average molecular weight is 223 g/mol. The molecule has 1 aromatic carbocycles. The van der Waals surface area contributed by atoms with Crippen molar-refractivity contribution in [2.45, 2.75) is 6.18 Å². The number of halogens is 4. The van der Waals surface area contributed by atoms with Crippen molar-refractivity contribution in [1.29, 1.82) is 0 Å². The van der Waals surface area contributed by atoms with Gasteiger partial charge in [0.25, 0.3) is 0 Å². The van der Waals surface area contributed by atoms with Crippen LogP contribution in [0.2, 0.25) is 5.02 Å². The van der Waals surface area contributed by atoms with Crippen molar-refractivity contribution in [3.8, 4) is 5.75 Å². The second kappa shape index (κ2) is 3.71. The molecular formula is C7H4BClF3O2. The molecule has 0 amide bonds. The van der Waals surface area contributed by atoms with Gasteiger partial charge in [-0.15, -0.1) is 0 Å². The van der Waals surface area contributed by atoms with Crippen molar-refractivity contribution in [2.24, 2.45) is 0 Å². The van der Waals surface area contributed by atoms with Gasteiger partial charge in [0.1, 0.15) is 5.75 Å². The van der Waals surface area contributed by atoms with Crippen molar-refractivity contribution in [3.63, 3.8) is 0 Å². The van der Waals surface area contributed by atoms with Crippen LogP contribution in [-0.2, 0) is 6.18 Å². The molecule has 0 unspecified atom stereocenters. The molecule has 0 aliphatic carbocycles. The van der Waals surface area contributed by atoms with E-state index in [1.807, 2.05) is 0 Å². The van der Waals surface area contributed by atoms with Gasteiger partial charge in [-0.2, -0.15) is 13.2 Å². The average Bonchev–Trinajstić information content (AvgIpc) is 2.07. The Balaban J connectivity index is 3.30. The van der Waals surface area contributed by atoms with E-state index in [-0.39, 0.29) is 10.5 Å². The minimum absolute atomic E-state index is 0.279. The number of alkyl halides is 3. The molecule has 0 aromatic heterocycles. The number of phenolic OH excluding ortho intramolecular Hbond substituents is 1. The molecule has 14 heavy (non-hydrogen) atoms. The Morgan fingerprint density at radius 3 is 2.29 bits per heavy atom. The molecule has 0 atom stereocenters. The first-order chi connectivity index (χ1) is 6.36. The molecule has 1 rings (SSSR count). The number of phenols is 1. The van der Waals surface area contributed by atoms with Gasteiger partial charge < -0.3 is 10.1 Å². The van der Waals surface area contributed by atoms with Crippen LogP contribution in [0.3, 0.4) is 0 Å². The maximum absolute atomic E-state index is 12.2. The maximum Gasteiger partial charge on any atom is 0.416 e. The molecule has 0 fully saturated rings. The van der Waals surface area contributed by atoms with Gasteiger partial charge in [-0.3, -0.25) is 0 Å². The lowest BCUT2D eigenvalue weighted by molar-refractivity contribution is -0.137. The van der Waals surface area contributed by atoms with Crippen LogP contribution in [0.15, 0.2) is 12.1 Å². The van der Waals surface area contributed by atoms with E-state index in [4.69, 9.17) is 21.7 Å². The van der Waals surface area contributed by atoms with Gasteiger partial charge in [-0.25, -0.2) is 0 Å². The van der Waals surface area contributed by atoms with Gasteiger partial charge in [0.2, 0.25) is 0 Å². The SMILES string of the molecule is O[B]c1cc(C(F)(F)F)cc(O)c1Cl. The molecule has 0 bridgehead atoms. The van der Waals surface area contributed by atoms with Gasteiger partial charge in [0.05, 0.1) is 10.6 Å². The van der Waals surface area contributed by atoms with Crippen LogP contribution < -0.4 is 5.46 Å². The molecule has 0 aliphatic heterocycles. The van der Waals surface area contributed by atoms with E-state index in [0.29, 0.717) is 19.6 Å². The summed E-state index contributed by atoms with van der Waals surface area (Å²) in [5.74, 6) is -0.721. The predicted molar refractivity (Wildman–Crippen MR) is 45.7 cm³/mol. The van der Waals surface area contributed by atoms with Gasteiger partial charge in [0.15, 0.2) is 0 Å². The third-order valence-corrected chi connectivity index (χ3v) is 1.96. The summed E-state index contributed by atoms with van der Waals surface area (Å²) in [5.41, 5.74) is -1.35. The van der Waals surface area contributed by atoms with Crippen molar-refractivity contribution >= 4 is 24.5 Å². The molecular weight excluding hydrogens is 219 g/mol. The van der Waals surface area contributed by atoms with E-state index in [2.05, 4.69) is 0 Å². The Hall–Kier alpha value is -0.875. The topological polar surface area (TPSA) is 40.5 Å². The molecule has 7 heteroatoms. The van der Waals surface area contributed by atoms with Crippen molar-refractivity contribution < 1.29 is 23.3 Å². The first-order valence-electron chi connectivity index (χ1n) is 3.43. The number of benzene rings is 1. The van der Waals surface area contributed by atoms with E-state index >= 15 is 0 Å². The summed E-state index contributed by atoms with van der Waals surface area (Å²) in [6.07, 6.45) is -4.58. The summed E-state index contributed by atoms with van der Waals surface area (Å²) < 4.78 is 36.5. The Bertz CT molecular complexity index is 354. The second-order valence-electron chi connectivity index (χ2n) is 2.53. The largest absolute Gasteiger partial charge is 0.506 e. The molecule has 0 aliphatic rings. The van der Waals surface area contributed by atoms with Crippen LogP contribution in [0.25, 0.3) is 0 Å². The van der Waals surface area contributed by atoms with E-state index < -0.39 is 17.5 Å². The summed E-state index contributed by atoms with van der Waals surface area (Å²) in [4.78, 5) is 0. The summed E-state index contributed by atoms with van der Waals surface area (Å²) in [6, 6.07) is 1.14. The highest BCUT2D eigenvalue weighted by Gasteiger charge is 2.32. The third kappa shape index (κ3) is 2.13. The van der Waals surface area contributed by atoms with E-state index in [9.17, 15) is 13.2 Å². The first-order valence-corrected chi connectivity index (χ1v) is 3.81. The van der Waals surface area contributed by atoms with E-state index in [1.165, 1.54) is 0 Å². The molecule has 1 radical (unpaired) electrons. The van der Waals surface area contributed by atoms with Crippen molar-refractivity contribution in [2.75, 3.05) is 0 Å². The minimum atomic E-state index is -4.58. The molecule has 75 valence electrons. The lowest BCUT2D eigenvalue weighted by Gasteiger charge is -2.10. The third-order valence-electron chi connectivity index (χ3n) is 1.55.